The second kappa shape index (κ2) is 4.43. The zero-order valence-corrected chi connectivity index (χ0v) is 9.74. The summed E-state index contributed by atoms with van der Waals surface area (Å²) in [6, 6.07) is 3.83. The van der Waals surface area contributed by atoms with Gasteiger partial charge in [-0.2, -0.15) is 0 Å². The smallest absolute Gasteiger partial charge is 0.225 e. The Bertz CT molecular complexity index is 327. The third-order valence-corrected chi connectivity index (χ3v) is 2.21. The average Bonchev–Trinajstić information content (AvgIpc) is 2.17. The number of carbonyl (C=O) groups is 1. The van der Waals surface area contributed by atoms with Gasteiger partial charge >= 0.3 is 0 Å². The number of carbonyl (C=O) groups excluding carboxylic acids is 1. The molecule has 0 bridgehead atoms. The second-order valence-corrected chi connectivity index (χ2v) is 4.73. The van der Waals surface area contributed by atoms with Gasteiger partial charge in [-0.1, -0.05) is 26.8 Å². The molecule has 1 rings (SSSR count). The molecule has 3 heteroatoms. The highest BCUT2D eigenvalue weighted by Gasteiger charge is 2.22. The van der Waals surface area contributed by atoms with E-state index >= 15 is 0 Å². The third-order valence-electron chi connectivity index (χ3n) is 2.21. The van der Waals surface area contributed by atoms with E-state index in [1.54, 1.807) is 12.4 Å². The lowest BCUT2D eigenvalue weighted by Gasteiger charge is -2.21. The molecule has 1 amide bonds. The number of hydrogen-bond acceptors (Lipinski definition) is 2. The molecule has 1 N–H and O–H groups in total. The summed E-state index contributed by atoms with van der Waals surface area (Å²) in [7, 11) is 0. The van der Waals surface area contributed by atoms with Crippen LogP contribution in [0.5, 0.6) is 0 Å². The van der Waals surface area contributed by atoms with Gasteiger partial charge in [0, 0.05) is 17.8 Å². The summed E-state index contributed by atoms with van der Waals surface area (Å²) >= 11 is 0. The molecular formula is C12H18N2O. The van der Waals surface area contributed by atoms with Gasteiger partial charge in [0.15, 0.2) is 0 Å². The summed E-state index contributed by atoms with van der Waals surface area (Å²) in [4.78, 5) is 15.7. The predicted octanol–water partition coefficient (Wildman–Crippen LogP) is 2.30. The topological polar surface area (TPSA) is 42.0 Å². The van der Waals surface area contributed by atoms with E-state index in [1.165, 1.54) is 0 Å². The molecule has 0 saturated heterocycles. The first-order chi connectivity index (χ1) is 6.91. The molecule has 15 heavy (non-hydrogen) atoms. The van der Waals surface area contributed by atoms with E-state index in [2.05, 4.69) is 10.3 Å². The molecule has 1 heterocycles. The van der Waals surface area contributed by atoms with Crippen LogP contribution in [0.4, 0.5) is 0 Å². The van der Waals surface area contributed by atoms with Crippen LogP contribution in [-0.4, -0.2) is 10.9 Å². The Balaban J connectivity index is 2.65. The third kappa shape index (κ3) is 3.35. The summed E-state index contributed by atoms with van der Waals surface area (Å²) in [5.74, 6) is 0.0545. The molecule has 1 aromatic heterocycles. The zero-order valence-electron chi connectivity index (χ0n) is 9.74. The van der Waals surface area contributed by atoms with Crippen molar-refractivity contribution in [1.82, 2.24) is 10.3 Å². The van der Waals surface area contributed by atoms with Gasteiger partial charge in [0.1, 0.15) is 0 Å². The molecule has 3 nitrogen and oxygen atoms in total. The van der Waals surface area contributed by atoms with Crippen molar-refractivity contribution in [3.05, 3.63) is 30.1 Å². The molecule has 0 aliphatic rings. The van der Waals surface area contributed by atoms with Crippen molar-refractivity contribution < 1.29 is 4.79 Å². The van der Waals surface area contributed by atoms with E-state index in [9.17, 15) is 4.79 Å². The van der Waals surface area contributed by atoms with Crippen LogP contribution in [0.25, 0.3) is 0 Å². The minimum absolute atomic E-state index is 0.00502. The lowest BCUT2D eigenvalue weighted by molar-refractivity contribution is -0.129. The van der Waals surface area contributed by atoms with Crippen molar-refractivity contribution >= 4 is 5.91 Å². The van der Waals surface area contributed by atoms with E-state index < -0.39 is 0 Å². The van der Waals surface area contributed by atoms with Gasteiger partial charge in [-0.25, -0.2) is 0 Å². The summed E-state index contributed by atoms with van der Waals surface area (Å²) in [5.41, 5.74) is 0.673. The number of nitrogens with zero attached hydrogens (tertiary/aromatic N) is 1. The van der Waals surface area contributed by atoms with Crippen LogP contribution in [0.15, 0.2) is 24.5 Å². The Morgan fingerprint density at radius 2 is 2.13 bits per heavy atom. The fourth-order valence-electron chi connectivity index (χ4n) is 1.13. The summed E-state index contributed by atoms with van der Waals surface area (Å²) < 4.78 is 0. The van der Waals surface area contributed by atoms with E-state index in [1.807, 2.05) is 39.8 Å². The van der Waals surface area contributed by atoms with Gasteiger partial charge in [0.05, 0.1) is 6.04 Å². The van der Waals surface area contributed by atoms with Crippen molar-refractivity contribution in [2.45, 2.75) is 33.7 Å². The SMILES string of the molecule is C[C@@H](NC(=O)C(C)(C)C)c1cccnc1. The van der Waals surface area contributed by atoms with Crippen molar-refractivity contribution in [2.24, 2.45) is 5.41 Å². The minimum Gasteiger partial charge on any atom is -0.349 e. The molecule has 0 aliphatic heterocycles. The van der Waals surface area contributed by atoms with Crippen LogP contribution in [-0.2, 0) is 4.79 Å². The Morgan fingerprint density at radius 1 is 1.47 bits per heavy atom. The van der Waals surface area contributed by atoms with Crippen LogP contribution in [0.1, 0.15) is 39.3 Å². The number of pyridine rings is 1. The van der Waals surface area contributed by atoms with Crippen LogP contribution in [0, 0.1) is 5.41 Å². The van der Waals surface area contributed by atoms with Crippen LogP contribution in [0.2, 0.25) is 0 Å². The van der Waals surface area contributed by atoms with E-state index in [4.69, 9.17) is 0 Å². The normalized spacial score (nSPS) is 13.3. The van der Waals surface area contributed by atoms with Crippen molar-refractivity contribution in [1.29, 1.82) is 0 Å². The molecule has 82 valence electrons. The number of hydrogen-bond donors (Lipinski definition) is 1. The molecule has 0 spiro atoms. The summed E-state index contributed by atoms with van der Waals surface area (Å²) in [6.45, 7) is 7.66. The molecule has 0 aliphatic carbocycles. The Hall–Kier alpha value is -1.38. The quantitative estimate of drug-likeness (QED) is 0.806. The Morgan fingerprint density at radius 3 is 2.60 bits per heavy atom. The summed E-state index contributed by atoms with van der Waals surface area (Å²) in [5, 5.41) is 2.96. The Labute approximate surface area is 90.9 Å². The first kappa shape index (κ1) is 11.7. The van der Waals surface area contributed by atoms with Gasteiger partial charge in [0.25, 0.3) is 0 Å². The van der Waals surface area contributed by atoms with Gasteiger partial charge in [0.2, 0.25) is 5.91 Å². The van der Waals surface area contributed by atoms with Crippen molar-refractivity contribution in [2.75, 3.05) is 0 Å². The molecule has 0 aromatic carbocycles. The zero-order chi connectivity index (χ0) is 11.5. The lowest BCUT2D eigenvalue weighted by atomic mass is 9.95. The van der Waals surface area contributed by atoms with Gasteiger partial charge in [-0.05, 0) is 18.6 Å². The molecule has 0 fully saturated rings. The maximum Gasteiger partial charge on any atom is 0.225 e. The van der Waals surface area contributed by atoms with Crippen LogP contribution in [0.3, 0.4) is 0 Å². The van der Waals surface area contributed by atoms with Gasteiger partial charge in [-0.3, -0.25) is 9.78 Å². The number of amides is 1. The maximum atomic E-state index is 11.7. The molecular weight excluding hydrogens is 188 g/mol. The highest BCUT2D eigenvalue weighted by molar-refractivity contribution is 5.81. The largest absolute Gasteiger partial charge is 0.349 e. The van der Waals surface area contributed by atoms with E-state index in [-0.39, 0.29) is 17.4 Å². The van der Waals surface area contributed by atoms with Crippen LogP contribution >= 0.6 is 0 Å². The predicted molar refractivity (Wildman–Crippen MR) is 60.2 cm³/mol. The molecule has 1 atom stereocenters. The molecule has 1 aromatic rings. The van der Waals surface area contributed by atoms with Crippen molar-refractivity contribution in [3.8, 4) is 0 Å². The highest BCUT2D eigenvalue weighted by atomic mass is 16.2. The van der Waals surface area contributed by atoms with Crippen molar-refractivity contribution in [3.63, 3.8) is 0 Å². The number of rotatable bonds is 2. The van der Waals surface area contributed by atoms with Gasteiger partial charge < -0.3 is 5.32 Å². The molecule has 0 saturated carbocycles. The fraction of sp³-hybridized carbons (Fsp3) is 0.500. The van der Waals surface area contributed by atoms with Gasteiger partial charge in [-0.15, -0.1) is 0 Å². The maximum absolute atomic E-state index is 11.7. The van der Waals surface area contributed by atoms with E-state index in [0.717, 1.165) is 5.56 Å². The molecule has 0 unspecified atom stereocenters. The van der Waals surface area contributed by atoms with E-state index in [0.29, 0.717) is 0 Å². The molecule has 0 radical (unpaired) electrons. The summed E-state index contributed by atoms with van der Waals surface area (Å²) in [6.07, 6.45) is 3.50. The highest BCUT2D eigenvalue weighted by Crippen LogP contribution is 2.16. The monoisotopic (exact) mass is 206 g/mol. The van der Waals surface area contributed by atoms with Crippen LogP contribution < -0.4 is 5.32 Å². The lowest BCUT2D eigenvalue weighted by Crippen LogP contribution is -2.36. The standard InChI is InChI=1S/C12H18N2O/c1-9(10-6-5-7-13-8-10)14-11(15)12(2,3)4/h5-9H,1-4H3,(H,14,15)/t9-/m1/s1. The first-order valence-corrected chi connectivity index (χ1v) is 5.12. The fourth-order valence-corrected chi connectivity index (χ4v) is 1.13. The Kier molecular flexibility index (Phi) is 3.45. The second-order valence-electron chi connectivity index (χ2n) is 4.73. The minimum atomic E-state index is -0.351. The number of aromatic nitrogens is 1. The average molecular weight is 206 g/mol. The number of nitrogens with one attached hydrogen (secondary N) is 1. The first-order valence-electron chi connectivity index (χ1n) is 5.12.